The Morgan fingerprint density at radius 3 is 2.52 bits per heavy atom. The lowest BCUT2D eigenvalue weighted by Gasteiger charge is -2.22. The smallest absolute Gasteiger partial charge is 0.126 e. The van der Waals surface area contributed by atoms with Crippen LogP contribution in [0, 0.1) is 19.7 Å². The van der Waals surface area contributed by atoms with Gasteiger partial charge >= 0.3 is 0 Å². The maximum Gasteiger partial charge on any atom is 0.126 e. The van der Waals surface area contributed by atoms with Crippen LogP contribution in [0.1, 0.15) is 35.2 Å². The van der Waals surface area contributed by atoms with Crippen LogP contribution in [0.5, 0.6) is 5.75 Å². The van der Waals surface area contributed by atoms with Crippen LogP contribution in [0.4, 0.5) is 4.39 Å². The Morgan fingerprint density at radius 1 is 1.14 bits per heavy atom. The maximum absolute atomic E-state index is 13.9. The van der Waals surface area contributed by atoms with Gasteiger partial charge in [0.2, 0.25) is 0 Å². The van der Waals surface area contributed by atoms with Crippen molar-refractivity contribution < 1.29 is 9.13 Å². The second-order valence-electron chi connectivity index (χ2n) is 5.24. The van der Waals surface area contributed by atoms with Crippen molar-refractivity contribution in [2.45, 2.75) is 26.8 Å². The second-order valence-corrected chi connectivity index (χ2v) is 5.24. The Kier molecular flexibility index (Phi) is 4.97. The first-order valence-corrected chi connectivity index (χ1v) is 7.20. The number of halogens is 1. The first kappa shape index (κ1) is 15.5. The fourth-order valence-electron chi connectivity index (χ4n) is 2.46. The highest BCUT2D eigenvalue weighted by atomic mass is 19.1. The molecule has 112 valence electrons. The van der Waals surface area contributed by atoms with Crippen LogP contribution in [0.25, 0.3) is 0 Å². The number of aryl methyl sites for hydroxylation is 2. The molecule has 0 spiro atoms. The summed E-state index contributed by atoms with van der Waals surface area (Å²) in [5.74, 6) is 0.642. The fourth-order valence-corrected chi connectivity index (χ4v) is 2.46. The average Bonchev–Trinajstić information content (AvgIpc) is 2.48. The van der Waals surface area contributed by atoms with Crippen LogP contribution in [-0.4, -0.2) is 13.7 Å². The molecule has 0 radical (unpaired) electrons. The Balaban J connectivity index is 2.50. The van der Waals surface area contributed by atoms with E-state index in [9.17, 15) is 4.39 Å². The number of hydrogen-bond acceptors (Lipinski definition) is 2. The van der Waals surface area contributed by atoms with E-state index in [0.29, 0.717) is 5.56 Å². The van der Waals surface area contributed by atoms with E-state index in [1.165, 1.54) is 0 Å². The van der Waals surface area contributed by atoms with Gasteiger partial charge in [-0.3, -0.25) is 0 Å². The predicted octanol–water partition coefficient (Wildman–Crippen LogP) is 4.15. The van der Waals surface area contributed by atoms with Crippen molar-refractivity contribution in [2.24, 2.45) is 0 Å². The molecular weight excluding hydrogens is 265 g/mol. The quantitative estimate of drug-likeness (QED) is 0.892. The van der Waals surface area contributed by atoms with Gasteiger partial charge in [-0.2, -0.15) is 0 Å². The van der Waals surface area contributed by atoms with E-state index in [-0.39, 0.29) is 11.9 Å². The van der Waals surface area contributed by atoms with E-state index in [0.717, 1.165) is 29.0 Å². The zero-order valence-corrected chi connectivity index (χ0v) is 13.0. The molecular formula is C18H22FNO. The van der Waals surface area contributed by atoms with Gasteiger partial charge < -0.3 is 10.1 Å². The SMILES string of the molecule is CCNC(c1ccc(C)c(F)c1)c1ccc(C)cc1OC. The summed E-state index contributed by atoms with van der Waals surface area (Å²) in [5.41, 5.74) is 3.72. The molecule has 0 amide bonds. The van der Waals surface area contributed by atoms with Crippen molar-refractivity contribution in [3.05, 3.63) is 64.5 Å². The summed E-state index contributed by atoms with van der Waals surface area (Å²) < 4.78 is 19.4. The summed E-state index contributed by atoms with van der Waals surface area (Å²) >= 11 is 0. The van der Waals surface area contributed by atoms with E-state index >= 15 is 0 Å². The molecule has 0 aliphatic heterocycles. The van der Waals surface area contributed by atoms with Crippen molar-refractivity contribution in [3.8, 4) is 5.75 Å². The molecule has 21 heavy (non-hydrogen) atoms. The van der Waals surface area contributed by atoms with Crippen LogP contribution in [-0.2, 0) is 0 Å². The molecule has 2 aromatic carbocycles. The van der Waals surface area contributed by atoms with E-state index in [2.05, 4.69) is 5.32 Å². The third-order valence-electron chi connectivity index (χ3n) is 3.64. The molecule has 0 aliphatic rings. The third kappa shape index (κ3) is 3.42. The Bertz CT molecular complexity index is 625. The molecule has 3 heteroatoms. The molecule has 1 unspecified atom stereocenters. The fraction of sp³-hybridized carbons (Fsp3) is 0.333. The predicted molar refractivity (Wildman–Crippen MR) is 84.4 cm³/mol. The Morgan fingerprint density at radius 2 is 1.90 bits per heavy atom. The van der Waals surface area contributed by atoms with Gasteiger partial charge in [-0.1, -0.05) is 31.2 Å². The molecule has 1 atom stereocenters. The van der Waals surface area contributed by atoms with Crippen LogP contribution >= 0.6 is 0 Å². The first-order chi connectivity index (χ1) is 10.1. The summed E-state index contributed by atoms with van der Waals surface area (Å²) in [5, 5.41) is 3.41. The largest absolute Gasteiger partial charge is 0.496 e. The minimum atomic E-state index is -0.179. The lowest BCUT2D eigenvalue weighted by atomic mass is 9.96. The van der Waals surface area contributed by atoms with Crippen LogP contribution in [0.2, 0.25) is 0 Å². The highest BCUT2D eigenvalue weighted by Crippen LogP contribution is 2.31. The van der Waals surface area contributed by atoms with Gasteiger partial charge in [-0.05, 0) is 49.2 Å². The normalized spacial score (nSPS) is 12.2. The van der Waals surface area contributed by atoms with Crippen molar-refractivity contribution in [1.82, 2.24) is 5.32 Å². The molecule has 0 heterocycles. The minimum absolute atomic E-state index is 0.0827. The van der Waals surface area contributed by atoms with E-state index in [1.807, 2.05) is 44.2 Å². The number of hydrogen-bond donors (Lipinski definition) is 1. The summed E-state index contributed by atoms with van der Waals surface area (Å²) in [4.78, 5) is 0. The van der Waals surface area contributed by atoms with Crippen molar-refractivity contribution >= 4 is 0 Å². The molecule has 0 aromatic heterocycles. The number of ether oxygens (including phenoxy) is 1. The first-order valence-electron chi connectivity index (χ1n) is 7.20. The number of methoxy groups -OCH3 is 1. The van der Waals surface area contributed by atoms with Crippen LogP contribution in [0.3, 0.4) is 0 Å². The molecule has 0 fully saturated rings. The van der Waals surface area contributed by atoms with Crippen molar-refractivity contribution in [2.75, 3.05) is 13.7 Å². The van der Waals surface area contributed by atoms with Crippen LogP contribution < -0.4 is 10.1 Å². The Labute approximate surface area is 126 Å². The lowest BCUT2D eigenvalue weighted by Crippen LogP contribution is -2.22. The number of benzene rings is 2. The molecule has 2 rings (SSSR count). The molecule has 1 N–H and O–H groups in total. The van der Waals surface area contributed by atoms with E-state index in [4.69, 9.17) is 4.74 Å². The summed E-state index contributed by atoms with van der Waals surface area (Å²) in [7, 11) is 1.66. The highest BCUT2D eigenvalue weighted by molar-refractivity contribution is 5.44. The molecule has 0 bridgehead atoms. The van der Waals surface area contributed by atoms with Gasteiger partial charge in [0.25, 0.3) is 0 Å². The maximum atomic E-state index is 13.9. The topological polar surface area (TPSA) is 21.3 Å². The lowest BCUT2D eigenvalue weighted by molar-refractivity contribution is 0.404. The Hall–Kier alpha value is -1.87. The number of nitrogens with one attached hydrogen (secondary N) is 1. The minimum Gasteiger partial charge on any atom is -0.496 e. The monoisotopic (exact) mass is 287 g/mol. The van der Waals surface area contributed by atoms with E-state index < -0.39 is 0 Å². The number of rotatable bonds is 5. The summed E-state index contributed by atoms with van der Waals surface area (Å²) in [6.45, 7) is 6.63. The van der Waals surface area contributed by atoms with Gasteiger partial charge in [0.05, 0.1) is 13.2 Å². The zero-order chi connectivity index (χ0) is 15.4. The van der Waals surface area contributed by atoms with Crippen LogP contribution in [0.15, 0.2) is 36.4 Å². The van der Waals surface area contributed by atoms with Gasteiger partial charge in [0.1, 0.15) is 11.6 Å². The molecule has 0 saturated heterocycles. The molecule has 0 aliphatic carbocycles. The highest BCUT2D eigenvalue weighted by Gasteiger charge is 2.18. The van der Waals surface area contributed by atoms with Gasteiger partial charge in [-0.15, -0.1) is 0 Å². The van der Waals surface area contributed by atoms with Gasteiger partial charge in [-0.25, -0.2) is 4.39 Å². The third-order valence-corrected chi connectivity index (χ3v) is 3.64. The average molecular weight is 287 g/mol. The van der Waals surface area contributed by atoms with E-state index in [1.54, 1.807) is 20.1 Å². The zero-order valence-electron chi connectivity index (χ0n) is 13.0. The summed E-state index contributed by atoms with van der Waals surface area (Å²) in [6.07, 6.45) is 0. The van der Waals surface area contributed by atoms with Gasteiger partial charge in [0, 0.05) is 5.56 Å². The molecule has 0 saturated carbocycles. The van der Waals surface area contributed by atoms with Gasteiger partial charge in [0.15, 0.2) is 0 Å². The van der Waals surface area contributed by atoms with Crippen molar-refractivity contribution in [3.63, 3.8) is 0 Å². The standard InChI is InChI=1S/C18H22FNO/c1-5-20-18(14-8-7-13(3)16(19)11-14)15-9-6-12(2)10-17(15)21-4/h6-11,18,20H,5H2,1-4H3. The van der Waals surface area contributed by atoms with Crippen molar-refractivity contribution in [1.29, 1.82) is 0 Å². The molecule has 2 nitrogen and oxygen atoms in total. The summed E-state index contributed by atoms with van der Waals surface area (Å²) in [6, 6.07) is 11.4. The second kappa shape index (κ2) is 6.72. The molecule has 2 aromatic rings.